The standard InChI is InChI=1S/C15H27NO2/c1-15(2,7-8-18-3)11-16-12-5-4-6-13(16)10-14(17)9-12/h12-13H,4-11H2,1-3H3. The highest BCUT2D eigenvalue weighted by atomic mass is 16.5. The van der Waals surface area contributed by atoms with E-state index < -0.39 is 0 Å². The van der Waals surface area contributed by atoms with Crippen molar-refractivity contribution in [1.29, 1.82) is 0 Å². The fraction of sp³-hybridized carbons (Fsp3) is 0.933. The molecule has 2 aliphatic rings. The maximum atomic E-state index is 11.7. The molecule has 2 atom stereocenters. The summed E-state index contributed by atoms with van der Waals surface area (Å²) in [5.41, 5.74) is 0.282. The van der Waals surface area contributed by atoms with Crippen molar-refractivity contribution in [3.63, 3.8) is 0 Å². The van der Waals surface area contributed by atoms with Crippen molar-refractivity contribution in [2.45, 2.75) is 64.5 Å². The van der Waals surface area contributed by atoms with Crippen molar-refractivity contribution in [2.75, 3.05) is 20.3 Å². The van der Waals surface area contributed by atoms with Crippen LogP contribution in [0, 0.1) is 5.41 Å². The van der Waals surface area contributed by atoms with E-state index in [-0.39, 0.29) is 5.41 Å². The van der Waals surface area contributed by atoms with Crippen LogP contribution in [0.15, 0.2) is 0 Å². The lowest BCUT2D eigenvalue weighted by molar-refractivity contribution is -0.128. The van der Waals surface area contributed by atoms with Crippen LogP contribution in [-0.2, 0) is 9.53 Å². The van der Waals surface area contributed by atoms with E-state index in [9.17, 15) is 4.79 Å². The molecule has 0 spiro atoms. The number of ketones is 1. The monoisotopic (exact) mass is 253 g/mol. The maximum absolute atomic E-state index is 11.7. The summed E-state index contributed by atoms with van der Waals surface area (Å²) in [5.74, 6) is 0.482. The number of carbonyl (C=O) groups excluding carboxylic acids is 1. The van der Waals surface area contributed by atoms with Crippen molar-refractivity contribution in [1.82, 2.24) is 4.90 Å². The van der Waals surface area contributed by atoms with Gasteiger partial charge in [-0.15, -0.1) is 0 Å². The van der Waals surface area contributed by atoms with Gasteiger partial charge in [0.2, 0.25) is 0 Å². The Labute approximate surface area is 111 Å². The Hall–Kier alpha value is -0.410. The second kappa shape index (κ2) is 5.70. The van der Waals surface area contributed by atoms with Crippen LogP contribution in [0.2, 0.25) is 0 Å². The minimum Gasteiger partial charge on any atom is -0.385 e. The van der Waals surface area contributed by atoms with Gasteiger partial charge in [0.15, 0.2) is 0 Å². The summed E-state index contributed by atoms with van der Waals surface area (Å²) in [6.45, 7) is 6.57. The number of ether oxygens (including phenoxy) is 1. The maximum Gasteiger partial charge on any atom is 0.136 e. The molecule has 0 radical (unpaired) electrons. The lowest BCUT2D eigenvalue weighted by Crippen LogP contribution is -2.55. The molecule has 0 aromatic rings. The number of hydrogen-bond donors (Lipinski definition) is 0. The molecule has 0 aliphatic carbocycles. The molecule has 0 amide bonds. The fourth-order valence-corrected chi connectivity index (χ4v) is 3.48. The second-order valence-corrected chi connectivity index (χ2v) is 6.76. The van der Waals surface area contributed by atoms with Gasteiger partial charge in [-0.25, -0.2) is 0 Å². The molecular weight excluding hydrogens is 226 g/mol. The highest BCUT2D eigenvalue weighted by Gasteiger charge is 2.39. The average molecular weight is 253 g/mol. The number of hydrogen-bond acceptors (Lipinski definition) is 3. The van der Waals surface area contributed by atoms with E-state index in [1.54, 1.807) is 7.11 Å². The lowest BCUT2D eigenvalue weighted by Gasteiger charge is -2.48. The summed E-state index contributed by atoms with van der Waals surface area (Å²) >= 11 is 0. The zero-order valence-electron chi connectivity index (χ0n) is 12.1. The molecule has 2 unspecified atom stereocenters. The van der Waals surface area contributed by atoms with E-state index in [4.69, 9.17) is 4.74 Å². The van der Waals surface area contributed by atoms with E-state index in [0.29, 0.717) is 17.9 Å². The molecule has 2 rings (SSSR count). The number of carbonyl (C=O) groups is 1. The van der Waals surface area contributed by atoms with Crippen LogP contribution in [0.25, 0.3) is 0 Å². The van der Waals surface area contributed by atoms with E-state index in [2.05, 4.69) is 18.7 Å². The zero-order chi connectivity index (χ0) is 13.2. The molecule has 2 saturated heterocycles. The van der Waals surface area contributed by atoms with Crippen LogP contribution in [0.3, 0.4) is 0 Å². The van der Waals surface area contributed by atoms with Gasteiger partial charge >= 0.3 is 0 Å². The molecule has 3 nitrogen and oxygen atoms in total. The Bertz CT molecular complexity index is 285. The quantitative estimate of drug-likeness (QED) is 0.754. The molecular formula is C15H27NO2. The van der Waals surface area contributed by atoms with Crippen LogP contribution >= 0.6 is 0 Å². The van der Waals surface area contributed by atoms with Crippen molar-refractivity contribution < 1.29 is 9.53 Å². The van der Waals surface area contributed by atoms with Crippen LogP contribution in [0.5, 0.6) is 0 Å². The second-order valence-electron chi connectivity index (χ2n) is 6.76. The van der Waals surface area contributed by atoms with Crippen molar-refractivity contribution in [3.8, 4) is 0 Å². The number of nitrogens with zero attached hydrogens (tertiary/aromatic N) is 1. The van der Waals surface area contributed by atoms with Gasteiger partial charge in [-0.05, 0) is 24.7 Å². The van der Waals surface area contributed by atoms with Crippen LogP contribution in [-0.4, -0.2) is 43.0 Å². The Kier molecular flexibility index (Phi) is 4.44. The number of piperidine rings is 2. The Morgan fingerprint density at radius 3 is 2.44 bits per heavy atom. The molecule has 0 aromatic heterocycles. The molecule has 104 valence electrons. The third-order valence-electron chi connectivity index (χ3n) is 4.53. The van der Waals surface area contributed by atoms with E-state index in [0.717, 1.165) is 32.4 Å². The van der Waals surface area contributed by atoms with Gasteiger partial charge in [-0.2, -0.15) is 0 Å². The molecule has 3 heteroatoms. The summed E-state index contributed by atoms with van der Waals surface area (Å²) in [5, 5.41) is 0. The molecule has 0 aromatic carbocycles. The Balaban J connectivity index is 1.97. The summed E-state index contributed by atoms with van der Waals surface area (Å²) in [6, 6.07) is 1.04. The van der Waals surface area contributed by atoms with Gasteiger partial charge in [0, 0.05) is 45.2 Å². The minimum atomic E-state index is 0.282. The van der Waals surface area contributed by atoms with Crippen molar-refractivity contribution in [3.05, 3.63) is 0 Å². The molecule has 18 heavy (non-hydrogen) atoms. The normalized spacial score (nSPS) is 29.6. The first kappa shape index (κ1) is 14.0. The predicted octanol–water partition coefficient (Wildman–Crippen LogP) is 2.64. The van der Waals surface area contributed by atoms with Crippen LogP contribution in [0.4, 0.5) is 0 Å². The molecule has 2 fully saturated rings. The van der Waals surface area contributed by atoms with E-state index in [1.807, 2.05) is 0 Å². The van der Waals surface area contributed by atoms with Gasteiger partial charge in [0.1, 0.15) is 5.78 Å². The van der Waals surface area contributed by atoms with Gasteiger partial charge < -0.3 is 4.74 Å². The average Bonchev–Trinajstić information content (AvgIpc) is 2.27. The number of rotatable bonds is 5. The molecule has 2 heterocycles. The summed E-state index contributed by atoms with van der Waals surface area (Å²) in [6.07, 6.45) is 6.39. The lowest BCUT2D eigenvalue weighted by atomic mass is 9.80. The Morgan fingerprint density at radius 2 is 1.89 bits per heavy atom. The smallest absolute Gasteiger partial charge is 0.136 e. The molecule has 0 saturated carbocycles. The molecule has 0 N–H and O–H groups in total. The summed E-state index contributed by atoms with van der Waals surface area (Å²) in [4.78, 5) is 14.3. The van der Waals surface area contributed by atoms with E-state index >= 15 is 0 Å². The minimum absolute atomic E-state index is 0.282. The van der Waals surface area contributed by atoms with Gasteiger partial charge in [-0.3, -0.25) is 9.69 Å². The van der Waals surface area contributed by atoms with Gasteiger partial charge in [0.25, 0.3) is 0 Å². The van der Waals surface area contributed by atoms with Crippen molar-refractivity contribution >= 4 is 5.78 Å². The van der Waals surface area contributed by atoms with Gasteiger partial charge in [-0.1, -0.05) is 20.3 Å². The Morgan fingerprint density at radius 1 is 1.28 bits per heavy atom. The van der Waals surface area contributed by atoms with E-state index in [1.165, 1.54) is 19.3 Å². The first-order chi connectivity index (χ1) is 8.52. The SMILES string of the molecule is COCCC(C)(C)CN1C2CCCC1CC(=O)C2. The third-order valence-corrected chi connectivity index (χ3v) is 4.53. The highest BCUT2D eigenvalue weighted by molar-refractivity contribution is 5.80. The number of methoxy groups -OCH3 is 1. The third kappa shape index (κ3) is 3.33. The number of Topliss-reactive ketones (excluding diaryl/α,β-unsaturated/α-hetero) is 1. The summed E-state index contributed by atoms with van der Waals surface area (Å²) in [7, 11) is 1.77. The first-order valence-corrected chi connectivity index (χ1v) is 7.28. The molecule has 2 bridgehead atoms. The van der Waals surface area contributed by atoms with Crippen molar-refractivity contribution in [2.24, 2.45) is 5.41 Å². The predicted molar refractivity (Wildman–Crippen MR) is 72.6 cm³/mol. The van der Waals surface area contributed by atoms with Crippen LogP contribution in [0.1, 0.15) is 52.4 Å². The number of fused-ring (bicyclic) bond motifs is 2. The fourth-order valence-electron chi connectivity index (χ4n) is 3.48. The zero-order valence-corrected chi connectivity index (χ0v) is 12.1. The largest absolute Gasteiger partial charge is 0.385 e. The topological polar surface area (TPSA) is 29.5 Å². The van der Waals surface area contributed by atoms with Crippen LogP contribution < -0.4 is 0 Å². The summed E-state index contributed by atoms with van der Waals surface area (Å²) < 4.78 is 5.21. The first-order valence-electron chi connectivity index (χ1n) is 7.28. The van der Waals surface area contributed by atoms with Gasteiger partial charge in [0.05, 0.1) is 0 Å². The highest BCUT2D eigenvalue weighted by Crippen LogP contribution is 2.35. The molecule has 2 aliphatic heterocycles.